The van der Waals surface area contributed by atoms with E-state index < -0.39 is 0 Å². The van der Waals surface area contributed by atoms with Gasteiger partial charge in [-0.25, -0.2) is 4.98 Å². The van der Waals surface area contributed by atoms with Crippen molar-refractivity contribution in [3.63, 3.8) is 0 Å². The minimum Gasteiger partial charge on any atom is -0.444 e. The van der Waals surface area contributed by atoms with Crippen molar-refractivity contribution in [2.75, 3.05) is 19.7 Å². The molecule has 7 heteroatoms. The zero-order valence-corrected chi connectivity index (χ0v) is 14.5. The summed E-state index contributed by atoms with van der Waals surface area (Å²) >= 11 is 0. The van der Waals surface area contributed by atoms with Crippen molar-refractivity contribution < 1.29 is 13.9 Å². The van der Waals surface area contributed by atoms with Gasteiger partial charge in [0.15, 0.2) is 0 Å². The summed E-state index contributed by atoms with van der Waals surface area (Å²) in [6.45, 7) is 1.62. The van der Waals surface area contributed by atoms with Crippen LogP contribution < -0.4 is 0 Å². The zero-order valence-electron chi connectivity index (χ0n) is 14.5. The highest BCUT2D eigenvalue weighted by atomic mass is 16.5. The van der Waals surface area contributed by atoms with Crippen LogP contribution in [0.1, 0.15) is 17.4 Å². The SMILES string of the molecule is Cn1cc([C@@H]2CN(C(=O)Cc3coc(-c4ccccc4)n3)CCO2)cn1. The standard InChI is InChI=1S/C19H20N4O3/c1-22-11-15(10-20-22)17-12-23(7-8-25-17)18(24)9-16-13-26-19(21-16)14-5-3-2-4-6-14/h2-6,10-11,13,17H,7-9,12H2,1H3/t17-/m0/s1. The summed E-state index contributed by atoms with van der Waals surface area (Å²) in [5.41, 5.74) is 2.52. The predicted octanol–water partition coefficient (Wildman–Crippen LogP) is 2.22. The zero-order chi connectivity index (χ0) is 17.9. The number of ether oxygens (including phenoxy) is 1. The van der Waals surface area contributed by atoms with E-state index in [2.05, 4.69) is 10.1 Å². The molecule has 0 bridgehead atoms. The average molecular weight is 352 g/mol. The van der Waals surface area contributed by atoms with E-state index in [9.17, 15) is 4.79 Å². The van der Waals surface area contributed by atoms with E-state index in [-0.39, 0.29) is 18.4 Å². The number of hydrogen-bond donors (Lipinski definition) is 0. The van der Waals surface area contributed by atoms with Gasteiger partial charge in [-0.05, 0) is 12.1 Å². The van der Waals surface area contributed by atoms with Crippen LogP contribution in [0.4, 0.5) is 0 Å². The lowest BCUT2D eigenvalue weighted by atomic mass is 10.1. The minimum absolute atomic E-state index is 0.0232. The van der Waals surface area contributed by atoms with Crippen molar-refractivity contribution in [2.45, 2.75) is 12.5 Å². The Morgan fingerprint density at radius 2 is 2.15 bits per heavy atom. The summed E-state index contributed by atoms with van der Waals surface area (Å²) in [4.78, 5) is 18.9. The van der Waals surface area contributed by atoms with Crippen LogP contribution in [-0.2, 0) is 23.0 Å². The number of aromatic nitrogens is 3. The molecule has 1 saturated heterocycles. The van der Waals surface area contributed by atoms with Gasteiger partial charge in [0.1, 0.15) is 12.4 Å². The Balaban J connectivity index is 1.41. The molecule has 0 unspecified atom stereocenters. The molecule has 0 N–H and O–H groups in total. The van der Waals surface area contributed by atoms with Crippen LogP contribution >= 0.6 is 0 Å². The second kappa shape index (κ2) is 7.13. The molecule has 1 aliphatic rings. The lowest BCUT2D eigenvalue weighted by Crippen LogP contribution is -2.42. The van der Waals surface area contributed by atoms with Gasteiger partial charge < -0.3 is 14.1 Å². The Kier molecular flexibility index (Phi) is 4.53. The highest BCUT2D eigenvalue weighted by molar-refractivity contribution is 5.78. The molecule has 1 fully saturated rings. The maximum Gasteiger partial charge on any atom is 0.228 e. The smallest absolute Gasteiger partial charge is 0.228 e. The first-order valence-corrected chi connectivity index (χ1v) is 8.57. The Morgan fingerprint density at radius 3 is 2.92 bits per heavy atom. The first-order valence-electron chi connectivity index (χ1n) is 8.57. The van der Waals surface area contributed by atoms with Crippen molar-refractivity contribution in [3.8, 4) is 11.5 Å². The Hall–Kier alpha value is -2.93. The Bertz CT molecular complexity index is 887. The molecule has 134 valence electrons. The molecule has 26 heavy (non-hydrogen) atoms. The third-order valence-electron chi connectivity index (χ3n) is 4.42. The fraction of sp³-hybridized carbons (Fsp3) is 0.316. The van der Waals surface area contributed by atoms with E-state index in [0.29, 0.717) is 31.3 Å². The number of nitrogens with zero attached hydrogens (tertiary/aromatic N) is 4. The largest absolute Gasteiger partial charge is 0.444 e. The van der Waals surface area contributed by atoms with Crippen LogP contribution in [0.3, 0.4) is 0 Å². The third-order valence-corrected chi connectivity index (χ3v) is 4.42. The van der Waals surface area contributed by atoms with Crippen molar-refractivity contribution in [3.05, 3.63) is 60.2 Å². The van der Waals surface area contributed by atoms with E-state index in [1.807, 2.05) is 48.5 Å². The topological polar surface area (TPSA) is 73.4 Å². The predicted molar refractivity (Wildman–Crippen MR) is 94.1 cm³/mol. The number of amides is 1. The van der Waals surface area contributed by atoms with Crippen LogP contribution in [0.2, 0.25) is 0 Å². The summed E-state index contributed by atoms with van der Waals surface area (Å²) in [7, 11) is 1.87. The highest BCUT2D eigenvalue weighted by Crippen LogP contribution is 2.23. The number of rotatable bonds is 4. The fourth-order valence-electron chi connectivity index (χ4n) is 3.05. The molecular formula is C19H20N4O3. The van der Waals surface area contributed by atoms with Gasteiger partial charge in [0.05, 0.1) is 31.5 Å². The summed E-state index contributed by atoms with van der Waals surface area (Å²) in [6, 6.07) is 9.65. The summed E-state index contributed by atoms with van der Waals surface area (Å²) in [5.74, 6) is 0.554. The molecule has 7 nitrogen and oxygen atoms in total. The van der Waals surface area contributed by atoms with E-state index in [1.165, 1.54) is 0 Å². The van der Waals surface area contributed by atoms with Crippen LogP contribution in [0.5, 0.6) is 0 Å². The van der Waals surface area contributed by atoms with E-state index in [1.54, 1.807) is 17.1 Å². The van der Waals surface area contributed by atoms with E-state index >= 15 is 0 Å². The molecule has 3 aromatic rings. The molecule has 0 spiro atoms. The molecule has 3 heterocycles. The van der Waals surface area contributed by atoms with Gasteiger partial charge in [0.25, 0.3) is 0 Å². The van der Waals surface area contributed by atoms with Gasteiger partial charge >= 0.3 is 0 Å². The highest BCUT2D eigenvalue weighted by Gasteiger charge is 2.26. The molecular weight excluding hydrogens is 332 g/mol. The molecule has 1 aromatic carbocycles. The van der Waals surface area contributed by atoms with Gasteiger partial charge in [-0.3, -0.25) is 9.48 Å². The number of carbonyl (C=O) groups is 1. The van der Waals surface area contributed by atoms with Crippen LogP contribution in [0, 0.1) is 0 Å². The summed E-state index contributed by atoms with van der Waals surface area (Å²) in [5, 5.41) is 4.17. The van der Waals surface area contributed by atoms with Crippen molar-refractivity contribution in [2.24, 2.45) is 7.05 Å². The quantitative estimate of drug-likeness (QED) is 0.720. The van der Waals surface area contributed by atoms with Crippen LogP contribution in [-0.4, -0.2) is 45.3 Å². The second-order valence-electron chi connectivity index (χ2n) is 6.33. The normalized spacial score (nSPS) is 17.4. The second-order valence-corrected chi connectivity index (χ2v) is 6.33. The van der Waals surface area contributed by atoms with Gasteiger partial charge in [-0.2, -0.15) is 5.10 Å². The average Bonchev–Trinajstić information content (AvgIpc) is 3.32. The number of oxazole rings is 1. The first-order chi connectivity index (χ1) is 12.7. The third kappa shape index (κ3) is 3.52. The molecule has 1 atom stereocenters. The van der Waals surface area contributed by atoms with Crippen molar-refractivity contribution >= 4 is 5.91 Å². The molecule has 0 radical (unpaired) electrons. The molecule has 1 amide bonds. The van der Waals surface area contributed by atoms with E-state index in [4.69, 9.17) is 9.15 Å². The maximum absolute atomic E-state index is 12.7. The van der Waals surface area contributed by atoms with Crippen LogP contribution in [0.25, 0.3) is 11.5 Å². The number of morpholine rings is 1. The number of aryl methyl sites for hydroxylation is 1. The first kappa shape index (κ1) is 16.5. The maximum atomic E-state index is 12.7. The fourth-order valence-corrected chi connectivity index (χ4v) is 3.05. The number of benzene rings is 1. The lowest BCUT2D eigenvalue weighted by molar-refractivity contribution is -0.138. The van der Waals surface area contributed by atoms with Crippen LogP contribution in [0.15, 0.2) is 53.4 Å². The minimum atomic E-state index is -0.140. The lowest BCUT2D eigenvalue weighted by Gasteiger charge is -2.32. The van der Waals surface area contributed by atoms with Gasteiger partial charge in [0, 0.05) is 30.9 Å². The Morgan fingerprint density at radius 1 is 1.31 bits per heavy atom. The monoisotopic (exact) mass is 352 g/mol. The number of carbonyl (C=O) groups excluding carboxylic acids is 1. The van der Waals surface area contributed by atoms with Gasteiger partial charge in [-0.1, -0.05) is 18.2 Å². The molecule has 4 rings (SSSR count). The molecule has 2 aromatic heterocycles. The van der Waals surface area contributed by atoms with Gasteiger partial charge in [-0.15, -0.1) is 0 Å². The molecule has 0 saturated carbocycles. The molecule has 0 aliphatic carbocycles. The Labute approximate surface area is 151 Å². The number of hydrogen-bond acceptors (Lipinski definition) is 5. The van der Waals surface area contributed by atoms with Crippen molar-refractivity contribution in [1.82, 2.24) is 19.7 Å². The van der Waals surface area contributed by atoms with Gasteiger partial charge in [0.2, 0.25) is 11.8 Å². The summed E-state index contributed by atoms with van der Waals surface area (Å²) < 4.78 is 13.0. The summed E-state index contributed by atoms with van der Waals surface area (Å²) in [6.07, 6.45) is 5.33. The molecule has 1 aliphatic heterocycles. The van der Waals surface area contributed by atoms with E-state index in [0.717, 1.165) is 11.1 Å². The van der Waals surface area contributed by atoms with Crippen molar-refractivity contribution in [1.29, 1.82) is 0 Å².